The fourth-order valence-electron chi connectivity index (χ4n) is 2.44. The minimum atomic E-state index is 0.347. The van der Waals surface area contributed by atoms with Crippen LogP contribution in [0.25, 0.3) is 0 Å². The maximum atomic E-state index is 5.95. The van der Waals surface area contributed by atoms with Crippen molar-refractivity contribution in [1.82, 2.24) is 0 Å². The molecule has 0 radical (unpaired) electrons. The first kappa shape index (κ1) is 11.5. The molecule has 0 amide bonds. The van der Waals surface area contributed by atoms with Crippen molar-refractivity contribution < 1.29 is 0 Å². The summed E-state index contributed by atoms with van der Waals surface area (Å²) >= 11 is 0. The van der Waals surface area contributed by atoms with E-state index in [1.165, 1.54) is 24.1 Å². The molecule has 16 heavy (non-hydrogen) atoms. The molecule has 1 unspecified atom stereocenters. The number of nitrogens with zero attached hydrogens (tertiary/aromatic N) is 1. The lowest BCUT2D eigenvalue weighted by atomic mass is 9.91. The van der Waals surface area contributed by atoms with Gasteiger partial charge in [-0.2, -0.15) is 0 Å². The van der Waals surface area contributed by atoms with E-state index in [2.05, 4.69) is 43.0 Å². The molecule has 2 N–H and O–H groups in total. The maximum absolute atomic E-state index is 5.95. The average Bonchev–Trinajstić information content (AvgIpc) is 2.30. The molecule has 0 bridgehead atoms. The van der Waals surface area contributed by atoms with E-state index < -0.39 is 0 Å². The summed E-state index contributed by atoms with van der Waals surface area (Å²) in [6.07, 6.45) is 2.46. The summed E-state index contributed by atoms with van der Waals surface area (Å²) in [4.78, 5) is 2.47. The highest BCUT2D eigenvalue weighted by Gasteiger charge is 2.21. The van der Waals surface area contributed by atoms with Gasteiger partial charge in [0.15, 0.2) is 0 Å². The third kappa shape index (κ3) is 2.56. The molecule has 2 rings (SSSR count). The monoisotopic (exact) mass is 218 g/mol. The molecule has 0 spiro atoms. The first-order valence-electron chi connectivity index (χ1n) is 6.24. The van der Waals surface area contributed by atoms with E-state index in [0.29, 0.717) is 12.0 Å². The number of anilines is 1. The highest BCUT2D eigenvalue weighted by Crippen LogP contribution is 2.24. The van der Waals surface area contributed by atoms with Gasteiger partial charge in [0.25, 0.3) is 0 Å². The van der Waals surface area contributed by atoms with Crippen LogP contribution in [0.1, 0.15) is 25.3 Å². The van der Waals surface area contributed by atoms with Crippen molar-refractivity contribution in [3.8, 4) is 0 Å². The number of nitrogens with two attached hydrogens (primary N) is 1. The number of rotatable bonds is 2. The Kier molecular flexibility index (Phi) is 3.49. The zero-order valence-corrected chi connectivity index (χ0v) is 10.3. The van der Waals surface area contributed by atoms with Gasteiger partial charge in [0.2, 0.25) is 0 Å². The van der Waals surface area contributed by atoms with Crippen LogP contribution in [-0.2, 0) is 0 Å². The maximum Gasteiger partial charge on any atom is 0.0366 e. The lowest BCUT2D eigenvalue weighted by molar-refractivity contribution is 0.354. The Labute approximate surface area is 98.4 Å². The molecule has 2 nitrogen and oxygen atoms in total. The first-order chi connectivity index (χ1) is 7.66. The van der Waals surface area contributed by atoms with Crippen LogP contribution in [0.4, 0.5) is 5.69 Å². The van der Waals surface area contributed by atoms with Gasteiger partial charge in [0.1, 0.15) is 0 Å². The second kappa shape index (κ2) is 4.88. The van der Waals surface area contributed by atoms with Crippen molar-refractivity contribution in [3.05, 3.63) is 29.8 Å². The molecule has 1 fully saturated rings. The molecule has 0 aromatic heterocycles. The second-order valence-electron chi connectivity index (χ2n) is 5.02. The van der Waals surface area contributed by atoms with Gasteiger partial charge >= 0.3 is 0 Å². The van der Waals surface area contributed by atoms with Crippen molar-refractivity contribution >= 4 is 5.69 Å². The van der Waals surface area contributed by atoms with E-state index >= 15 is 0 Å². The SMILES string of the molecule is Cc1ccc(N2CCC(C(C)N)CC2)cc1. The smallest absolute Gasteiger partial charge is 0.0366 e. The van der Waals surface area contributed by atoms with Gasteiger partial charge in [-0.15, -0.1) is 0 Å². The molecule has 0 saturated carbocycles. The summed E-state index contributed by atoms with van der Waals surface area (Å²) < 4.78 is 0. The number of aryl methyl sites for hydroxylation is 1. The Morgan fingerprint density at radius 2 is 1.75 bits per heavy atom. The lowest BCUT2D eigenvalue weighted by Crippen LogP contribution is -2.39. The molecular weight excluding hydrogens is 196 g/mol. The summed E-state index contributed by atoms with van der Waals surface area (Å²) in [6, 6.07) is 9.17. The number of hydrogen-bond acceptors (Lipinski definition) is 2. The molecule has 2 heteroatoms. The largest absolute Gasteiger partial charge is 0.372 e. The van der Waals surface area contributed by atoms with Gasteiger partial charge in [0, 0.05) is 24.8 Å². The van der Waals surface area contributed by atoms with Crippen LogP contribution in [0.5, 0.6) is 0 Å². The highest BCUT2D eigenvalue weighted by molar-refractivity contribution is 5.47. The van der Waals surface area contributed by atoms with Gasteiger partial charge in [-0.3, -0.25) is 0 Å². The molecule has 1 heterocycles. The Bertz CT molecular complexity index is 321. The van der Waals surface area contributed by atoms with Crippen molar-refractivity contribution in [2.45, 2.75) is 32.7 Å². The van der Waals surface area contributed by atoms with Crippen LogP contribution in [0.3, 0.4) is 0 Å². The molecule has 88 valence electrons. The van der Waals surface area contributed by atoms with Gasteiger partial charge in [-0.1, -0.05) is 17.7 Å². The first-order valence-corrected chi connectivity index (χ1v) is 6.24. The molecule has 1 aliphatic rings. The number of benzene rings is 1. The zero-order valence-electron chi connectivity index (χ0n) is 10.3. The molecule has 1 atom stereocenters. The summed E-state index contributed by atoms with van der Waals surface area (Å²) in [5.41, 5.74) is 8.64. The molecule has 1 aromatic rings. The predicted octanol–water partition coefficient (Wildman–Crippen LogP) is 2.56. The summed E-state index contributed by atoms with van der Waals surface area (Å²) in [5.74, 6) is 0.710. The summed E-state index contributed by atoms with van der Waals surface area (Å²) in [5, 5.41) is 0. The van der Waals surface area contributed by atoms with E-state index in [4.69, 9.17) is 5.73 Å². The van der Waals surface area contributed by atoms with Crippen LogP contribution in [0.2, 0.25) is 0 Å². The van der Waals surface area contributed by atoms with E-state index in [1.54, 1.807) is 0 Å². The lowest BCUT2D eigenvalue weighted by Gasteiger charge is -2.35. The van der Waals surface area contributed by atoms with Crippen LogP contribution in [0, 0.1) is 12.8 Å². The quantitative estimate of drug-likeness (QED) is 0.826. The fraction of sp³-hybridized carbons (Fsp3) is 0.571. The van der Waals surface area contributed by atoms with E-state index in [0.717, 1.165) is 13.1 Å². The Balaban J connectivity index is 1.96. The van der Waals surface area contributed by atoms with Crippen LogP contribution < -0.4 is 10.6 Å². The minimum absolute atomic E-state index is 0.347. The number of hydrogen-bond donors (Lipinski definition) is 1. The highest BCUT2D eigenvalue weighted by atomic mass is 15.1. The Morgan fingerprint density at radius 3 is 2.25 bits per heavy atom. The fourth-order valence-corrected chi connectivity index (χ4v) is 2.44. The molecular formula is C14H22N2. The second-order valence-corrected chi connectivity index (χ2v) is 5.02. The van der Waals surface area contributed by atoms with Crippen LogP contribution in [-0.4, -0.2) is 19.1 Å². The number of piperidine rings is 1. The van der Waals surface area contributed by atoms with E-state index in [9.17, 15) is 0 Å². The molecule has 1 aliphatic heterocycles. The zero-order chi connectivity index (χ0) is 11.5. The Hall–Kier alpha value is -1.02. The van der Waals surface area contributed by atoms with Gasteiger partial charge in [-0.05, 0) is 44.7 Å². The normalized spacial score (nSPS) is 19.8. The van der Waals surface area contributed by atoms with Crippen molar-refractivity contribution in [2.24, 2.45) is 11.7 Å². The van der Waals surface area contributed by atoms with Crippen LogP contribution in [0.15, 0.2) is 24.3 Å². The third-order valence-electron chi connectivity index (χ3n) is 3.68. The topological polar surface area (TPSA) is 29.3 Å². The standard InChI is InChI=1S/C14H22N2/c1-11-3-5-14(6-4-11)16-9-7-13(8-10-16)12(2)15/h3-6,12-13H,7-10,15H2,1-2H3. The molecule has 1 saturated heterocycles. The molecule has 0 aliphatic carbocycles. The van der Waals surface area contributed by atoms with E-state index in [1.807, 2.05) is 0 Å². The van der Waals surface area contributed by atoms with Crippen molar-refractivity contribution in [2.75, 3.05) is 18.0 Å². The third-order valence-corrected chi connectivity index (χ3v) is 3.68. The minimum Gasteiger partial charge on any atom is -0.372 e. The van der Waals surface area contributed by atoms with Crippen molar-refractivity contribution in [1.29, 1.82) is 0 Å². The van der Waals surface area contributed by atoms with Gasteiger partial charge < -0.3 is 10.6 Å². The molecule has 1 aromatic carbocycles. The average molecular weight is 218 g/mol. The van der Waals surface area contributed by atoms with Gasteiger partial charge in [0.05, 0.1) is 0 Å². The van der Waals surface area contributed by atoms with Crippen molar-refractivity contribution in [3.63, 3.8) is 0 Å². The summed E-state index contributed by atoms with van der Waals surface area (Å²) in [6.45, 7) is 6.56. The predicted molar refractivity (Wildman–Crippen MR) is 69.8 cm³/mol. The van der Waals surface area contributed by atoms with Crippen LogP contribution >= 0.6 is 0 Å². The summed E-state index contributed by atoms with van der Waals surface area (Å²) in [7, 11) is 0. The van der Waals surface area contributed by atoms with Gasteiger partial charge in [-0.25, -0.2) is 0 Å². The van der Waals surface area contributed by atoms with E-state index in [-0.39, 0.29) is 0 Å². The Morgan fingerprint density at radius 1 is 1.19 bits per heavy atom.